The lowest BCUT2D eigenvalue weighted by atomic mass is 10.1. The van der Waals surface area contributed by atoms with Crippen LogP contribution >= 0.6 is 15.9 Å². The van der Waals surface area contributed by atoms with Crippen molar-refractivity contribution in [2.75, 3.05) is 5.01 Å². The molecule has 0 atom stereocenters. The first-order valence-corrected chi connectivity index (χ1v) is 7.64. The molecule has 0 bridgehead atoms. The van der Waals surface area contributed by atoms with Crippen LogP contribution in [-0.2, 0) is 0 Å². The lowest BCUT2D eigenvalue weighted by molar-refractivity contribution is 0.254. The van der Waals surface area contributed by atoms with E-state index in [0.717, 1.165) is 28.6 Å². The molecule has 2 amide bonds. The number of primary amides is 1. The molecule has 0 radical (unpaired) electrons. The maximum Gasteiger partial charge on any atom is 0.339 e. The standard InChI is InChI=1S/C15H22BrN3O/c1-4-5-6-7-12(3)18-19(15(17)20)13-8-9-14(16)11(2)10-13/h8-10H,4-7H2,1-3H3,(H2,17,20). The molecule has 1 aromatic carbocycles. The minimum atomic E-state index is -0.568. The third kappa shape index (κ3) is 4.96. The van der Waals surface area contributed by atoms with Crippen LogP contribution in [0.1, 0.15) is 45.1 Å². The Bertz CT molecular complexity index is 500. The van der Waals surface area contributed by atoms with Crippen molar-refractivity contribution < 1.29 is 4.79 Å². The van der Waals surface area contributed by atoms with Crippen molar-refractivity contribution in [1.82, 2.24) is 0 Å². The van der Waals surface area contributed by atoms with E-state index in [2.05, 4.69) is 28.0 Å². The number of unbranched alkanes of at least 4 members (excludes halogenated alkanes) is 2. The molecule has 1 rings (SSSR count). The maximum atomic E-state index is 11.6. The predicted molar refractivity (Wildman–Crippen MR) is 88.2 cm³/mol. The van der Waals surface area contributed by atoms with Gasteiger partial charge in [-0.05, 0) is 50.5 Å². The summed E-state index contributed by atoms with van der Waals surface area (Å²) in [6.45, 7) is 6.05. The van der Waals surface area contributed by atoms with Gasteiger partial charge in [0, 0.05) is 10.2 Å². The minimum Gasteiger partial charge on any atom is -0.350 e. The largest absolute Gasteiger partial charge is 0.350 e. The molecule has 0 saturated carbocycles. The first-order valence-electron chi connectivity index (χ1n) is 6.85. The molecule has 5 heteroatoms. The Morgan fingerprint density at radius 2 is 2.10 bits per heavy atom. The van der Waals surface area contributed by atoms with Gasteiger partial charge in [-0.1, -0.05) is 35.7 Å². The van der Waals surface area contributed by atoms with Gasteiger partial charge in [0.1, 0.15) is 0 Å². The molecule has 110 valence electrons. The number of rotatable bonds is 6. The van der Waals surface area contributed by atoms with Crippen molar-refractivity contribution in [3.8, 4) is 0 Å². The molecule has 0 saturated heterocycles. The molecular formula is C15H22BrN3O. The van der Waals surface area contributed by atoms with Gasteiger partial charge < -0.3 is 5.73 Å². The average Bonchev–Trinajstić information content (AvgIpc) is 2.39. The summed E-state index contributed by atoms with van der Waals surface area (Å²) >= 11 is 3.44. The molecule has 0 spiro atoms. The third-order valence-electron chi connectivity index (χ3n) is 3.01. The van der Waals surface area contributed by atoms with E-state index in [-0.39, 0.29) is 0 Å². The van der Waals surface area contributed by atoms with Crippen molar-refractivity contribution in [1.29, 1.82) is 0 Å². The molecule has 0 unspecified atom stereocenters. The Hall–Kier alpha value is -1.36. The molecule has 0 aromatic heterocycles. The number of carbonyl (C=O) groups excluding carboxylic acids is 1. The molecule has 0 aliphatic rings. The zero-order valence-electron chi connectivity index (χ0n) is 12.3. The molecule has 20 heavy (non-hydrogen) atoms. The number of nitrogens with zero attached hydrogens (tertiary/aromatic N) is 2. The second-order valence-electron chi connectivity index (χ2n) is 4.88. The smallest absolute Gasteiger partial charge is 0.339 e. The summed E-state index contributed by atoms with van der Waals surface area (Å²) in [5.41, 5.74) is 8.07. The minimum absolute atomic E-state index is 0.568. The first-order chi connectivity index (χ1) is 9.45. The van der Waals surface area contributed by atoms with Crippen LogP contribution in [0.3, 0.4) is 0 Å². The number of halogens is 1. The Kier molecular flexibility index (Phi) is 6.71. The number of anilines is 1. The van der Waals surface area contributed by atoms with Crippen LogP contribution < -0.4 is 10.7 Å². The van der Waals surface area contributed by atoms with E-state index in [9.17, 15) is 4.79 Å². The van der Waals surface area contributed by atoms with E-state index in [1.165, 1.54) is 17.9 Å². The van der Waals surface area contributed by atoms with Crippen molar-refractivity contribution in [2.24, 2.45) is 10.8 Å². The number of hydrogen-bond donors (Lipinski definition) is 1. The van der Waals surface area contributed by atoms with Gasteiger partial charge in [-0.25, -0.2) is 4.79 Å². The summed E-state index contributed by atoms with van der Waals surface area (Å²) in [6.07, 6.45) is 4.30. The lowest BCUT2D eigenvalue weighted by Crippen LogP contribution is -2.32. The maximum absolute atomic E-state index is 11.6. The van der Waals surface area contributed by atoms with E-state index >= 15 is 0 Å². The van der Waals surface area contributed by atoms with E-state index in [1.54, 1.807) is 0 Å². The quantitative estimate of drug-likeness (QED) is 0.459. The fourth-order valence-corrected chi connectivity index (χ4v) is 2.09. The Labute approximate surface area is 129 Å². The van der Waals surface area contributed by atoms with Crippen LogP contribution in [0.4, 0.5) is 10.5 Å². The van der Waals surface area contributed by atoms with Gasteiger partial charge in [-0.3, -0.25) is 0 Å². The average molecular weight is 340 g/mol. The van der Waals surface area contributed by atoms with Crippen molar-refractivity contribution in [3.05, 3.63) is 28.2 Å². The fourth-order valence-electron chi connectivity index (χ4n) is 1.85. The van der Waals surface area contributed by atoms with Gasteiger partial charge in [0.25, 0.3) is 0 Å². The topological polar surface area (TPSA) is 58.7 Å². The molecule has 4 nitrogen and oxygen atoms in total. The molecule has 0 aliphatic carbocycles. The van der Waals surface area contributed by atoms with Crippen LogP contribution in [-0.4, -0.2) is 11.7 Å². The van der Waals surface area contributed by atoms with E-state index in [4.69, 9.17) is 5.73 Å². The zero-order chi connectivity index (χ0) is 15.1. The Balaban J connectivity index is 2.91. The van der Waals surface area contributed by atoms with Gasteiger partial charge >= 0.3 is 6.03 Å². The number of benzene rings is 1. The second kappa shape index (κ2) is 8.04. The highest BCUT2D eigenvalue weighted by atomic mass is 79.9. The van der Waals surface area contributed by atoms with Crippen LogP contribution in [0.15, 0.2) is 27.8 Å². The highest BCUT2D eigenvalue weighted by Crippen LogP contribution is 2.23. The highest BCUT2D eigenvalue weighted by Gasteiger charge is 2.12. The predicted octanol–water partition coefficient (Wildman–Crippen LogP) is 4.60. The van der Waals surface area contributed by atoms with Crippen LogP contribution in [0.25, 0.3) is 0 Å². The van der Waals surface area contributed by atoms with Gasteiger partial charge in [-0.2, -0.15) is 10.1 Å². The first kappa shape index (κ1) is 16.7. The summed E-state index contributed by atoms with van der Waals surface area (Å²) in [6, 6.07) is 5.03. The van der Waals surface area contributed by atoms with Gasteiger partial charge in [0.05, 0.1) is 5.69 Å². The van der Waals surface area contributed by atoms with Crippen LogP contribution in [0.5, 0.6) is 0 Å². The summed E-state index contributed by atoms with van der Waals surface area (Å²) in [4.78, 5) is 11.6. The SMILES string of the molecule is CCCCCC(C)=NN(C(N)=O)c1ccc(Br)c(C)c1. The number of amides is 2. The monoisotopic (exact) mass is 339 g/mol. The van der Waals surface area contributed by atoms with Crippen LogP contribution in [0, 0.1) is 6.92 Å². The van der Waals surface area contributed by atoms with Gasteiger partial charge in [0.15, 0.2) is 0 Å². The van der Waals surface area contributed by atoms with Gasteiger partial charge in [0.2, 0.25) is 0 Å². The summed E-state index contributed by atoms with van der Waals surface area (Å²) in [5, 5.41) is 5.61. The molecule has 2 N–H and O–H groups in total. The van der Waals surface area contributed by atoms with E-state index < -0.39 is 6.03 Å². The molecule has 0 aliphatic heterocycles. The number of aryl methyl sites for hydroxylation is 1. The summed E-state index contributed by atoms with van der Waals surface area (Å²) in [5.74, 6) is 0. The van der Waals surface area contributed by atoms with Crippen molar-refractivity contribution in [3.63, 3.8) is 0 Å². The van der Waals surface area contributed by atoms with Gasteiger partial charge in [-0.15, -0.1) is 0 Å². The molecular weight excluding hydrogens is 318 g/mol. The van der Waals surface area contributed by atoms with E-state index in [1.807, 2.05) is 32.0 Å². The molecule has 1 aromatic rings. The van der Waals surface area contributed by atoms with Crippen molar-refractivity contribution >= 4 is 33.4 Å². The van der Waals surface area contributed by atoms with Crippen molar-refractivity contribution in [2.45, 2.75) is 46.5 Å². The number of hydrazone groups is 1. The lowest BCUT2D eigenvalue weighted by Gasteiger charge is -2.17. The Morgan fingerprint density at radius 1 is 1.40 bits per heavy atom. The Morgan fingerprint density at radius 3 is 2.65 bits per heavy atom. The number of hydrogen-bond acceptors (Lipinski definition) is 2. The fraction of sp³-hybridized carbons (Fsp3) is 0.467. The third-order valence-corrected chi connectivity index (χ3v) is 3.90. The highest BCUT2D eigenvalue weighted by molar-refractivity contribution is 9.10. The second-order valence-corrected chi connectivity index (χ2v) is 5.73. The molecule has 0 heterocycles. The normalized spacial score (nSPS) is 11.5. The zero-order valence-corrected chi connectivity index (χ0v) is 13.9. The number of nitrogens with two attached hydrogens (primary N) is 1. The number of carbonyl (C=O) groups is 1. The van der Waals surface area contributed by atoms with Crippen LogP contribution in [0.2, 0.25) is 0 Å². The number of urea groups is 1. The summed E-state index contributed by atoms with van der Waals surface area (Å²) < 4.78 is 0.995. The molecule has 0 fully saturated rings. The summed E-state index contributed by atoms with van der Waals surface area (Å²) in [7, 11) is 0. The van der Waals surface area contributed by atoms with E-state index in [0.29, 0.717) is 5.69 Å².